The van der Waals surface area contributed by atoms with Gasteiger partial charge in [-0.2, -0.15) is 0 Å². The smallest absolute Gasteiger partial charge is 0.243 e. The Morgan fingerprint density at radius 3 is 3.06 bits per heavy atom. The zero-order valence-electron chi connectivity index (χ0n) is 9.27. The molecule has 16 heavy (non-hydrogen) atoms. The van der Waals surface area contributed by atoms with Crippen LogP contribution in [0.2, 0.25) is 0 Å². The molecule has 1 N–H and O–H groups in total. The maximum absolute atomic E-state index is 12.0. The average molecular weight is 221 g/mol. The van der Waals surface area contributed by atoms with Gasteiger partial charge in [0.2, 0.25) is 5.88 Å². The van der Waals surface area contributed by atoms with Crippen LogP contribution in [-0.2, 0) is 0 Å². The number of nitrogens with zero attached hydrogens (tertiary/aromatic N) is 2. The second kappa shape index (κ2) is 5.03. The van der Waals surface area contributed by atoms with Crippen LogP contribution in [0.3, 0.4) is 0 Å². The molecule has 1 atom stereocenters. The number of methoxy groups -OCH3 is 1. The van der Waals surface area contributed by atoms with E-state index in [-0.39, 0.29) is 11.8 Å². The van der Waals surface area contributed by atoms with E-state index in [1.54, 1.807) is 0 Å². The SMILES string of the molecule is COc1nccnc1C(=O)CC1CCCN1. The van der Waals surface area contributed by atoms with Crippen molar-refractivity contribution in [3.8, 4) is 5.88 Å². The molecule has 0 spiro atoms. The van der Waals surface area contributed by atoms with E-state index < -0.39 is 0 Å². The Kier molecular flexibility index (Phi) is 3.46. The molecule has 5 heteroatoms. The lowest BCUT2D eigenvalue weighted by Crippen LogP contribution is -2.25. The van der Waals surface area contributed by atoms with E-state index in [0.717, 1.165) is 19.4 Å². The van der Waals surface area contributed by atoms with Gasteiger partial charge in [-0.3, -0.25) is 4.79 Å². The Bertz CT molecular complexity index is 375. The monoisotopic (exact) mass is 221 g/mol. The highest BCUT2D eigenvalue weighted by atomic mass is 16.5. The second-order valence-corrected chi connectivity index (χ2v) is 3.83. The van der Waals surface area contributed by atoms with Gasteiger partial charge >= 0.3 is 0 Å². The number of Topliss-reactive ketones (excluding diaryl/α,β-unsaturated/α-hetero) is 1. The average Bonchev–Trinajstić information content (AvgIpc) is 2.81. The van der Waals surface area contributed by atoms with Crippen molar-refractivity contribution in [2.24, 2.45) is 0 Å². The van der Waals surface area contributed by atoms with Gasteiger partial charge in [-0.25, -0.2) is 9.97 Å². The summed E-state index contributed by atoms with van der Waals surface area (Å²) in [5, 5.41) is 3.28. The fraction of sp³-hybridized carbons (Fsp3) is 0.545. The van der Waals surface area contributed by atoms with E-state index >= 15 is 0 Å². The molecule has 1 aliphatic heterocycles. The second-order valence-electron chi connectivity index (χ2n) is 3.83. The molecule has 86 valence electrons. The van der Waals surface area contributed by atoms with Crippen molar-refractivity contribution < 1.29 is 9.53 Å². The molecule has 0 amide bonds. The highest BCUT2D eigenvalue weighted by molar-refractivity contribution is 5.96. The van der Waals surface area contributed by atoms with Crippen molar-refractivity contribution in [3.63, 3.8) is 0 Å². The molecule has 0 saturated carbocycles. The lowest BCUT2D eigenvalue weighted by Gasteiger charge is -2.09. The number of aromatic nitrogens is 2. The van der Waals surface area contributed by atoms with Gasteiger partial charge in [-0.05, 0) is 19.4 Å². The van der Waals surface area contributed by atoms with Gasteiger partial charge in [0.25, 0.3) is 0 Å². The summed E-state index contributed by atoms with van der Waals surface area (Å²) in [4.78, 5) is 20.0. The molecule has 1 aromatic rings. The third-order valence-corrected chi connectivity index (χ3v) is 2.72. The molecular weight excluding hydrogens is 206 g/mol. The first-order valence-corrected chi connectivity index (χ1v) is 5.43. The van der Waals surface area contributed by atoms with Crippen molar-refractivity contribution in [2.45, 2.75) is 25.3 Å². The highest BCUT2D eigenvalue weighted by Gasteiger charge is 2.21. The minimum Gasteiger partial charge on any atom is -0.479 e. The molecule has 1 saturated heterocycles. The van der Waals surface area contributed by atoms with Crippen LogP contribution in [0, 0.1) is 0 Å². The first-order chi connectivity index (χ1) is 7.81. The third-order valence-electron chi connectivity index (χ3n) is 2.72. The molecule has 5 nitrogen and oxygen atoms in total. The van der Waals surface area contributed by atoms with Gasteiger partial charge < -0.3 is 10.1 Å². The summed E-state index contributed by atoms with van der Waals surface area (Å²) in [6.07, 6.45) is 5.68. The van der Waals surface area contributed by atoms with Crippen molar-refractivity contribution in [1.29, 1.82) is 0 Å². The summed E-state index contributed by atoms with van der Waals surface area (Å²) in [7, 11) is 1.49. The molecule has 0 aliphatic carbocycles. The molecule has 1 aromatic heterocycles. The van der Waals surface area contributed by atoms with Gasteiger partial charge in [0, 0.05) is 24.9 Å². The Hall–Kier alpha value is -1.49. The van der Waals surface area contributed by atoms with Crippen LogP contribution < -0.4 is 10.1 Å². The Labute approximate surface area is 94.2 Å². The van der Waals surface area contributed by atoms with Gasteiger partial charge in [0.05, 0.1) is 7.11 Å². The highest BCUT2D eigenvalue weighted by Crippen LogP contribution is 2.16. The number of nitrogens with one attached hydrogen (secondary N) is 1. The topological polar surface area (TPSA) is 64.1 Å². The number of ether oxygens (including phenoxy) is 1. The van der Waals surface area contributed by atoms with E-state index in [1.165, 1.54) is 19.5 Å². The largest absolute Gasteiger partial charge is 0.479 e. The normalized spacial score (nSPS) is 19.7. The summed E-state index contributed by atoms with van der Waals surface area (Å²) in [5.41, 5.74) is 0.332. The van der Waals surface area contributed by atoms with Crippen LogP contribution in [0.1, 0.15) is 29.8 Å². The van der Waals surface area contributed by atoms with Crippen LogP contribution in [0.25, 0.3) is 0 Å². The van der Waals surface area contributed by atoms with Gasteiger partial charge in [-0.15, -0.1) is 0 Å². The summed E-state index contributed by atoms with van der Waals surface area (Å²) >= 11 is 0. The third kappa shape index (κ3) is 2.36. The lowest BCUT2D eigenvalue weighted by atomic mass is 10.1. The molecule has 0 bridgehead atoms. The molecule has 1 fully saturated rings. The van der Waals surface area contributed by atoms with Gasteiger partial charge in [0.1, 0.15) is 0 Å². The van der Waals surface area contributed by atoms with Crippen LogP contribution in [0.5, 0.6) is 5.88 Å². The van der Waals surface area contributed by atoms with E-state index in [2.05, 4.69) is 15.3 Å². The number of hydrogen-bond acceptors (Lipinski definition) is 5. The minimum absolute atomic E-state index is 0.00986. The maximum atomic E-state index is 12.0. The van der Waals surface area contributed by atoms with Crippen molar-refractivity contribution in [2.75, 3.05) is 13.7 Å². The van der Waals surface area contributed by atoms with Gasteiger partial charge in [0.15, 0.2) is 11.5 Å². The molecule has 0 radical (unpaired) electrons. The first kappa shape index (κ1) is 11.0. The quantitative estimate of drug-likeness (QED) is 0.762. The molecule has 1 aliphatic rings. The van der Waals surface area contributed by atoms with Crippen LogP contribution in [0.15, 0.2) is 12.4 Å². The van der Waals surface area contributed by atoms with Crippen molar-refractivity contribution >= 4 is 5.78 Å². The number of carbonyl (C=O) groups is 1. The molecular formula is C11H15N3O2. The van der Waals surface area contributed by atoms with Gasteiger partial charge in [-0.1, -0.05) is 0 Å². The van der Waals surface area contributed by atoms with E-state index in [1.807, 2.05) is 0 Å². The Morgan fingerprint density at radius 1 is 1.56 bits per heavy atom. The minimum atomic E-state index is -0.00986. The van der Waals surface area contributed by atoms with E-state index in [4.69, 9.17) is 4.74 Å². The maximum Gasteiger partial charge on any atom is 0.243 e. The zero-order valence-corrected chi connectivity index (χ0v) is 9.27. The molecule has 2 rings (SSSR count). The van der Waals surface area contributed by atoms with E-state index in [9.17, 15) is 4.79 Å². The van der Waals surface area contributed by atoms with Crippen LogP contribution in [-0.4, -0.2) is 35.4 Å². The fourth-order valence-electron chi connectivity index (χ4n) is 1.92. The number of rotatable bonds is 4. The van der Waals surface area contributed by atoms with Crippen LogP contribution >= 0.6 is 0 Å². The van der Waals surface area contributed by atoms with E-state index in [0.29, 0.717) is 18.0 Å². The summed E-state index contributed by atoms with van der Waals surface area (Å²) in [6.45, 7) is 0.996. The molecule has 1 unspecified atom stereocenters. The Morgan fingerprint density at radius 2 is 2.38 bits per heavy atom. The molecule has 2 heterocycles. The fourth-order valence-corrected chi connectivity index (χ4v) is 1.92. The predicted octanol–water partition coefficient (Wildman–Crippen LogP) is 0.810. The van der Waals surface area contributed by atoms with Crippen molar-refractivity contribution in [3.05, 3.63) is 18.1 Å². The Balaban J connectivity index is 2.07. The lowest BCUT2D eigenvalue weighted by molar-refractivity contribution is 0.0962. The summed E-state index contributed by atoms with van der Waals surface area (Å²) in [5.74, 6) is 0.301. The van der Waals surface area contributed by atoms with Crippen LogP contribution in [0.4, 0.5) is 0 Å². The number of hydrogen-bond donors (Lipinski definition) is 1. The zero-order chi connectivity index (χ0) is 11.4. The number of ketones is 1. The predicted molar refractivity (Wildman–Crippen MR) is 58.6 cm³/mol. The molecule has 0 aromatic carbocycles. The van der Waals surface area contributed by atoms with Crippen molar-refractivity contribution in [1.82, 2.24) is 15.3 Å². The summed E-state index contributed by atoms with van der Waals surface area (Å²) < 4.78 is 5.02. The number of carbonyl (C=O) groups excluding carboxylic acids is 1. The standard InChI is InChI=1S/C11H15N3O2/c1-16-11-10(13-5-6-14-11)9(15)7-8-3-2-4-12-8/h5-6,8,12H,2-4,7H2,1H3. The first-order valence-electron chi connectivity index (χ1n) is 5.43. The summed E-state index contributed by atoms with van der Waals surface area (Å²) in [6, 6.07) is 0.277.